The number of esters is 1. The monoisotopic (exact) mass is 470 g/mol. The molecule has 0 saturated heterocycles. The van der Waals surface area contributed by atoms with Crippen LogP contribution in [0.4, 0.5) is 5.69 Å². The molecule has 0 aliphatic heterocycles. The summed E-state index contributed by atoms with van der Waals surface area (Å²) in [6.07, 6.45) is 0. The molecule has 1 N–H and O–H groups in total. The lowest BCUT2D eigenvalue weighted by atomic mass is 10.1. The van der Waals surface area contributed by atoms with E-state index < -0.39 is 24.1 Å². The van der Waals surface area contributed by atoms with Gasteiger partial charge in [-0.3, -0.25) is 4.79 Å². The number of fused-ring (bicyclic) bond motifs is 4. The maximum absolute atomic E-state index is 12.5. The van der Waals surface area contributed by atoms with E-state index in [0.717, 1.165) is 28.4 Å². The maximum Gasteiger partial charge on any atom is 0.351 e. The summed E-state index contributed by atoms with van der Waals surface area (Å²) in [5.41, 5.74) is 1.83. The minimum atomic E-state index is -0.944. The number of anilines is 1. The number of hydrogen-bond donors (Lipinski definition) is 1. The molecular formula is C27H22N2O6. The summed E-state index contributed by atoms with van der Waals surface area (Å²) in [4.78, 5) is 37.3. The van der Waals surface area contributed by atoms with Crippen LogP contribution in [0.1, 0.15) is 17.3 Å². The van der Waals surface area contributed by atoms with Gasteiger partial charge in [-0.1, -0.05) is 30.3 Å². The van der Waals surface area contributed by atoms with Crippen molar-refractivity contribution in [2.45, 2.75) is 13.5 Å². The molecule has 35 heavy (non-hydrogen) atoms. The number of methoxy groups -OCH3 is 1. The van der Waals surface area contributed by atoms with Crippen molar-refractivity contribution in [1.29, 1.82) is 0 Å². The molecule has 8 nitrogen and oxygen atoms in total. The van der Waals surface area contributed by atoms with Crippen LogP contribution in [0.2, 0.25) is 0 Å². The second-order valence-corrected chi connectivity index (χ2v) is 7.94. The summed E-state index contributed by atoms with van der Waals surface area (Å²) in [6.45, 7) is 2.35. The maximum atomic E-state index is 12.5. The van der Waals surface area contributed by atoms with Crippen molar-refractivity contribution in [3.05, 3.63) is 82.7 Å². The van der Waals surface area contributed by atoms with Crippen molar-refractivity contribution in [3.63, 3.8) is 0 Å². The van der Waals surface area contributed by atoms with E-state index in [-0.39, 0.29) is 11.1 Å². The number of rotatable bonds is 6. The van der Waals surface area contributed by atoms with Gasteiger partial charge in [0.05, 0.1) is 7.11 Å². The molecule has 0 aliphatic carbocycles. The minimum Gasteiger partial charge on any atom is -0.493 e. The van der Waals surface area contributed by atoms with E-state index in [9.17, 15) is 14.4 Å². The first kappa shape index (κ1) is 22.2. The third kappa shape index (κ3) is 3.99. The smallest absolute Gasteiger partial charge is 0.351 e. The van der Waals surface area contributed by atoms with Crippen LogP contribution in [0.3, 0.4) is 0 Å². The van der Waals surface area contributed by atoms with Gasteiger partial charge in [-0.25, -0.2) is 9.59 Å². The number of nitrogens with zero attached hydrogens (tertiary/aromatic N) is 1. The van der Waals surface area contributed by atoms with Gasteiger partial charge in [0, 0.05) is 39.4 Å². The molecule has 0 spiro atoms. The number of carbonyl (C=O) groups excluding carboxylic acids is 2. The summed E-state index contributed by atoms with van der Waals surface area (Å²) >= 11 is 0. The van der Waals surface area contributed by atoms with Crippen LogP contribution in [0.15, 0.2) is 75.9 Å². The summed E-state index contributed by atoms with van der Waals surface area (Å²) in [5.74, 6) is -1.10. The molecule has 2 aromatic heterocycles. The molecule has 0 unspecified atom stereocenters. The van der Waals surface area contributed by atoms with Gasteiger partial charge in [-0.2, -0.15) is 0 Å². The SMILES string of the molecule is CCn1c2ccccc2c2cc(NC(=O)COC(=O)c3cc4cccc(OC)c4oc3=O)ccc21. The van der Waals surface area contributed by atoms with Gasteiger partial charge >= 0.3 is 11.6 Å². The highest BCUT2D eigenvalue weighted by molar-refractivity contribution is 6.10. The number of aryl methyl sites for hydroxylation is 1. The Morgan fingerprint density at radius 2 is 1.77 bits per heavy atom. The van der Waals surface area contributed by atoms with Crippen LogP contribution in [0.25, 0.3) is 32.8 Å². The summed E-state index contributed by atoms with van der Waals surface area (Å²) < 4.78 is 17.7. The Morgan fingerprint density at radius 3 is 2.57 bits per heavy atom. The van der Waals surface area contributed by atoms with Crippen LogP contribution < -0.4 is 15.7 Å². The highest BCUT2D eigenvalue weighted by Crippen LogP contribution is 2.31. The molecule has 0 aliphatic rings. The lowest BCUT2D eigenvalue weighted by Crippen LogP contribution is -2.23. The van der Waals surface area contributed by atoms with E-state index >= 15 is 0 Å². The first-order valence-electron chi connectivity index (χ1n) is 11.1. The number of hydrogen-bond acceptors (Lipinski definition) is 6. The predicted octanol–water partition coefficient (Wildman–Crippen LogP) is 4.72. The molecule has 3 aromatic carbocycles. The van der Waals surface area contributed by atoms with Crippen LogP contribution in [-0.4, -0.2) is 30.2 Å². The van der Waals surface area contributed by atoms with Crippen LogP contribution in [-0.2, 0) is 16.1 Å². The van der Waals surface area contributed by atoms with Crippen molar-refractivity contribution in [3.8, 4) is 5.75 Å². The average molecular weight is 470 g/mol. The second-order valence-electron chi connectivity index (χ2n) is 7.94. The zero-order valence-corrected chi connectivity index (χ0v) is 19.2. The third-order valence-electron chi connectivity index (χ3n) is 5.87. The number of ether oxygens (including phenoxy) is 2. The van der Waals surface area contributed by atoms with Gasteiger partial charge < -0.3 is 23.8 Å². The third-order valence-corrected chi connectivity index (χ3v) is 5.87. The molecule has 0 saturated carbocycles. The predicted molar refractivity (Wildman–Crippen MR) is 133 cm³/mol. The van der Waals surface area contributed by atoms with Crippen molar-refractivity contribution < 1.29 is 23.5 Å². The fourth-order valence-corrected chi connectivity index (χ4v) is 4.30. The van der Waals surface area contributed by atoms with Crippen LogP contribution >= 0.6 is 0 Å². The highest BCUT2D eigenvalue weighted by Gasteiger charge is 2.18. The molecule has 5 aromatic rings. The number of carbonyl (C=O) groups is 2. The Labute approximate surface area is 199 Å². The largest absolute Gasteiger partial charge is 0.493 e. The normalized spacial score (nSPS) is 11.1. The number of nitrogens with one attached hydrogen (secondary N) is 1. The Morgan fingerprint density at radius 1 is 0.971 bits per heavy atom. The van der Waals surface area contributed by atoms with Crippen molar-refractivity contribution in [2.75, 3.05) is 19.0 Å². The fourth-order valence-electron chi connectivity index (χ4n) is 4.30. The molecule has 8 heteroatoms. The van der Waals surface area contributed by atoms with Crippen LogP contribution in [0, 0.1) is 0 Å². The highest BCUT2D eigenvalue weighted by atomic mass is 16.5. The average Bonchev–Trinajstić information content (AvgIpc) is 3.19. The Kier molecular flexibility index (Phi) is 5.70. The van der Waals surface area contributed by atoms with E-state index in [4.69, 9.17) is 13.9 Å². The molecular weight excluding hydrogens is 448 g/mol. The first-order valence-corrected chi connectivity index (χ1v) is 11.1. The number of aromatic nitrogens is 1. The topological polar surface area (TPSA) is 99.8 Å². The van der Waals surface area contributed by atoms with E-state index in [2.05, 4.69) is 22.9 Å². The quantitative estimate of drug-likeness (QED) is 0.285. The molecule has 0 fully saturated rings. The standard InChI is InChI=1S/C27H22N2O6/c1-3-29-21-9-5-4-8-18(21)19-14-17(11-12-22(19)29)28-24(30)15-34-26(31)20-13-16-7-6-10-23(33-2)25(16)35-27(20)32/h4-14H,3,15H2,1-2H3,(H,28,30). The number of amides is 1. The Hall–Kier alpha value is -4.59. The lowest BCUT2D eigenvalue weighted by Gasteiger charge is -2.08. The van der Waals surface area contributed by atoms with Gasteiger partial charge in [-0.15, -0.1) is 0 Å². The molecule has 2 heterocycles. The minimum absolute atomic E-state index is 0.231. The first-order chi connectivity index (χ1) is 17.0. The lowest BCUT2D eigenvalue weighted by molar-refractivity contribution is -0.119. The summed E-state index contributed by atoms with van der Waals surface area (Å²) in [7, 11) is 1.45. The summed E-state index contributed by atoms with van der Waals surface area (Å²) in [5, 5.41) is 5.35. The van der Waals surface area contributed by atoms with E-state index in [1.54, 1.807) is 24.3 Å². The zero-order chi connectivity index (χ0) is 24.5. The number of benzene rings is 3. The van der Waals surface area contributed by atoms with E-state index in [1.165, 1.54) is 13.2 Å². The molecule has 0 radical (unpaired) electrons. The number of para-hydroxylation sites is 2. The second kappa shape index (κ2) is 8.98. The fraction of sp³-hybridized carbons (Fsp3) is 0.148. The van der Waals surface area contributed by atoms with Crippen molar-refractivity contribution >= 4 is 50.3 Å². The molecule has 5 rings (SSSR count). The zero-order valence-electron chi connectivity index (χ0n) is 19.2. The molecule has 176 valence electrons. The Bertz CT molecular complexity index is 1660. The molecule has 0 bridgehead atoms. The van der Waals surface area contributed by atoms with Crippen LogP contribution in [0.5, 0.6) is 5.75 Å². The van der Waals surface area contributed by atoms with Crippen molar-refractivity contribution in [2.24, 2.45) is 0 Å². The van der Waals surface area contributed by atoms with Gasteiger partial charge in [-0.05, 0) is 43.3 Å². The van der Waals surface area contributed by atoms with Gasteiger partial charge in [0.1, 0.15) is 5.56 Å². The van der Waals surface area contributed by atoms with Gasteiger partial charge in [0.25, 0.3) is 5.91 Å². The van der Waals surface area contributed by atoms with Crippen molar-refractivity contribution in [1.82, 2.24) is 4.57 Å². The molecule has 0 atom stereocenters. The molecule has 1 amide bonds. The van der Waals surface area contributed by atoms with Gasteiger partial charge in [0.2, 0.25) is 0 Å². The van der Waals surface area contributed by atoms with E-state index in [1.807, 2.05) is 30.3 Å². The Balaban J connectivity index is 1.32. The van der Waals surface area contributed by atoms with Gasteiger partial charge in [0.15, 0.2) is 17.9 Å². The van der Waals surface area contributed by atoms with E-state index in [0.29, 0.717) is 16.8 Å². The summed E-state index contributed by atoms with van der Waals surface area (Å²) in [6, 6.07) is 20.1.